The molecule has 0 aromatic carbocycles. The Morgan fingerprint density at radius 3 is 2.70 bits per heavy atom. The van der Waals surface area contributed by atoms with E-state index in [0.717, 1.165) is 19.3 Å². The maximum atomic E-state index is 11.9. The number of amides is 1. The molecule has 110 valence electrons. The minimum absolute atomic E-state index is 0.138. The number of rotatable bonds is 5. The molecule has 0 unspecified atom stereocenters. The molecule has 0 atom stereocenters. The first-order chi connectivity index (χ1) is 9.54. The van der Waals surface area contributed by atoms with Gasteiger partial charge in [0.25, 0.3) is 11.7 Å². The summed E-state index contributed by atoms with van der Waals surface area (Å²) in [7, 11) is 0. The highest BCUT2D eigenvalue weighted by molar-refractivity contribution is 6.42. The molecule has 6 heteroatoms. The van der Waals surface area contributed by atoms with Crippen molar-refractivity contribution in [3.05, 3.63) is 18.0 Å². The van der Waals surface area contributed by atoms with Gasteiger partial charge in [-0.3, -0.25) is 14.3 Å². The molecule has 1 aromatic rings. The fourth-order valence-corrected chi connectivity index (χ4v) is 2.50. The van der Waals surface area contributed by atoms with Crippen LogP contribution in [0.4, 0.5) is 0 Å². The summed E-state index contributed by atoms with van der Waals surface area (Å²) in [6, 6.07) is 0. The Kier molecular flexibility index (Phi) is 4.54. The van der Waals surface area contributed by atoms with E-state index in [1.54, 1.807) is 10.9 Å². The number of aryl methyl sites for hydroxylation is 1. The van der Waals surface area contributed by atoms with Crippen molar-refractivity contribution < 1.29 is 14.7 Å². The molecule has 1 amide bonds. The van der Waals surface area contributed by atoms with Crippen molar-refractivity contribution in [2.24, 2.45) is 0 Å². The number of nitrogens with zero attached hydrogens (tertiary/aromatic N) is 2. The zero-order chi connectivity index (χ0) is 14.6. The van der Waals surface area contributed by atoms with E-state index in [9.17, 15) is 14.7 Å². The van der Waals surface area contributed by atoms with E-state index in [0.29, 0.717) is 19.4 Å². The molecule has 1 fully saturated rings. The molecule has 1 aromatic heterocycles. The number of Topliss-reactive ketones (excluding diaryl/α,β-unsaturated/α-hetero) is 1. The third kappa shape index (κ3) is 3.45. The second kappa shape index (κ2) is 6.17. The van der Waals surface area contributed by atoms with Crippen LogP contribution in [0.5, 0.6) is 0 Å². The number of hydrogen-bond acceptors (Lipinski definition) is 4. The molecule has 0 aliphatic heterocycles. The van der Waals surface area contributed by atoms with Crippen LogP contribution in [0.25, 0.3) is 0 Å². The van der Waals surface area contributed by atoms with Gasteiger partial charge in [0.1, 0.15) is 0 Å². The van der Waals surface area contributed by atoms with Crippen LogP contribution in [0.1, 0.15) is 49.4 Å². The van der Waals surface area contributed by atoms with Crippen LogP contribution in [0.3, 0.4) is 0 Å². The third-order valence-electron chi connectivity index (χ3n) is 3.79. The highest BCUT2D eigenvalue weighted by Crippen LogP contribution is 2.27. The Balaban J connectivity index is 1.89. The molecule has 1 saturated carbocycles. The summed E-state index contributed by atoms with van der Waals surface area (Å²) in [5, 5.41) is 16.8. The van der Waals surface area contributed by atoms with E-state index in [4.69, 9.17) is 0 Å². The number of ketones is 1. The minimum Gasteiger partial charge on any atom is -0.388 e. The number of aliphatic hydroxyl groups is 1. The average Bonchev–Trinajstić information content (AvgIpc) is 2.94. The van der Waals surface area contributed by atoms with Crippen LogP contribution in [-0.2, 0) is 11.3 Å². The summed E-state index contributed by atoms with van der Waals surface area (Å²) in [4.78, 5) is 23.7. The van der Waals surface area contributed by atoms with E-state index in [2.05, 4.69) is 10.4 Å². The summed E-state index contributed by atoms with van der Waals surface area (Å²) in [5.74, 6) is -1.29. The Bertz CT molecular complexity index is 490. The molecule has 1 heterocycles. The van der Waals surface area contributed by atoms with Gasteiger partial charge in [0.05, 0.1) is 17.4 Å². The highest BCUT2D eigenvalue weighted by atomic mass is 16.3. The molecule has 0 spiro atoms. The molecular formula is C14H21N3O3. The fraction of sp³-hybridized carbons (Fsp3) is 0.643. The predicted octanol–water partition coefficient (Wildman–Crippen LogP) is 0.897. The van der Waals surface area contributed by atoms with Crippen molar-refractivity contribution in [2.75, 3.05) is 6.54 Å². The Hall–Kier alpha value is -1.69. The van der Waals surface area contributed by atoms with Crippen LogP contribution < -0.4 is 5.32 Å². The maximum absolute atomic E-state index is 11.9. The molecule has 0 bridgehead atoms. The van der Waals surface area contributed by atoms with E-state index < -0.39 is 17.3 Å². The molecule has 20 heavy (non-hydrogen) atoms. The van der Waals surface area contributed by atoms with Crippen molar-refractivity contribution in [1.82, 2.24) is 15.1 Å². The molecular weight excluding hydrogens is 258 g/mol. The van der Waals surface area contributed by atoms with Crippen molar-refractivity contribution >= 4 is 11.7 Å². The smallest absolute Gasteiger partial charge is 0.292 e. The zero-order valence-corrected chi connectivity index (χ0v) is 11.8. The summed E-state index contributed by atoms with van der Waals surface area (Å²) >= 11 is 0. The van der Waals surface area contributed by atoms with Crippen LogP contribution in [0.15, 0.2) is 12.4 Å². The first kappa shape index (κ1) is 14.7. The standard InChI is InChI=1S/C14H21N3O3/c1-2-17-9-11(8-16-17)12(18)13(19)15-10-14(20)6-4-3-5-7-14/h8-9,20H,2-7,10H2,1H3,(H,15,19). The van der Waals surface area contributed by atoms with Gasteiger partial charge in [-0.2, -0.15) is 5.10 Å². The van der Waals surface area contributed by atoms with Gasteiger partial charge in [-0.25, -0.2) is 0 Å². The van der Waals surface area contributed by atoms with Gasteiger partial charge in [0.2, 0.25) is 0 Å². The lowest BCUT2D eigenvalue weighted by Gasteiger charge is -2.31. The SMILES string of the molecule is CCn1cc(C(=O)C(=O)NCC2(O)CCCCC2)cn1. The summed E-state index contributed by atoms with van der Waals surface area (Å²) in [6.07, 6.45) is 7.33. The topological polar surface area (TPSA) is 84.2 Å². The first-order valence-electron chi connectivity index (χ1n) is 7.11. The minimum atomic E-state index is -0.859. The third-order valence-corrected chi connectivity index (χ3v) is 3.79. The number of aromatic nitrogens is 2. The van der Waals surface area contributed by atoms with Gasteiger partial charge in [-0.1, -0.05) is 19.3 Å². The Morgan fingerprint density at radius 2 is 2.10 bits per heavy atom. The summed E-state index contributed by atoms with van der Waals surface area (Å²) in [6.45, 7) is 2.69. The summed E-state index contributed by atoms with van der Waals surface area (Å²) < 4.78 is 1.59. The lowest BCUT2D eigenvalue weighted by atomic mass is 9.85. The molecule has 0 saturated heterocycles. The number of hydrogen-bond donors (Lipinski definition) is 2. The van der Waals surface area contributed by atoms with Crippen molar-refractivity contribution in [3.8, 4) is 0 Å². The molecule has 2 N–H and O–H groups in total. The van der Waals surface area contributed by atoms with Crippen LogP contribution in [-0.4, -0.2) is 38.7 Å². The first-order valence-corrected chi connectivity index (χ1v) is 7.11. The normalized spacial score (nSPS) is 17.7. The van der Waals surface area contributed by atoms with Crippen LogP contribution in [0.2, 0.25) is 0 Å². The lowest BCUT2D eigenvalue weighted by molar-refractivity contribution is -0.118. The molecule has 0 radical (unpaired) electrons. The second-order valence-corrected chi connectivity index (χ2v) is 5.38. The second-order valence-electron chi connectivity index (χ2n) is 5.38. The fourth-order valence-electron chi connectivity index (χ4n) is 2.50. The van der Waals surface area contributed by atoms with Crippen molar-refractivity contribution in [2.45, 2.75) is 51.2 Å². The van der Waals surface area contributed by atoms with Gasteiger partial charge in [-0.05, 0) is 19.8 Å². The van der Waals surface area contributed by atoms with Gasteiger partial charge < -0.3 is 10.4 Å². The van der Waals surface area contributed by atoms with Gasteiger partial charge in [0, 0.05) is 19.3 Å². The molecule has 2 rings (SSSR count). The van der Waals surface area contributed by atoms with E-state index >= 15 is 0 Å². The van der Waals surface area contributed by atoms with Crippen molar-refractivity contribution in [3.63, 3.8) is 0 Å². The summed E-state index contributed by atoms with van der Waals surface area (Å²) in [5.41, 5.74) is -0.582. The van der Waals surface area contributed by atoms with Gasteiger partial charge in [-0.15, -0.1) is 0 Å². The molecule has 1 aliphatic rings. The van der Waals surface area contributed by atoms with Crippen LogP contribution >= 0.6 is 0 Å². The zero-order valence-electron chi connectivity index (χ0n) is 11.8. The van der Waals surface area contributed by atoms with Crippen LogP contribution in [0, 0.1) is 0 Å². The van der Waals surface area contributed by atoms with E-state index in [-0.39, 0.29) is 12.1 Å². The number of carbonyl (C=O) groups is 2. The number of nitrogens with one attached hydrogen (secondary N) is 1. The monoisotopic (exact) mass is 279 g/mol. The molecule has 6 nitrogen and oxygen atoms in total. The average molecular weight is 279 g/mol. The highest BCUT2D eigenvalue weighted by Gasteiger charge is 2.30. The van der Waals surface area contributed by atoms with Gasteiger partial charge >= 0.3 is 0 Å². The maximum Gasteiger partial charge on any atom is 0.292 e. The Labute approximate surface area is 118 Å². The largest absolute Gasteiger partial charge is 0.388 e. The lowest BCUT2D eigenvalue weighted by Crippen LogP contribution is -2.46. The predicted molar refractivity (Wildman–Crippen MR) is 73.3 cm³/mol. The van der Waals surface area contributed by atoms with Crippen molar-refractivity contribution in [1.29, 1.82) is 0 Å². The molecule has 1 aliphatic carbocycles. The van der Waals surface area contributed by atoms with E-state index in [1.807, 2.05) is 6.92 Å². The van der Waals surface area contributed by atoms with E-state index in [1.165, 1.54) is 6.20 Å². The van der Waals surface area contributed by atoms with Gasteiger partial charge in [0.15, 0.2) is 0 Å². The quantitative estimate of drug-likeness (QED) is 0.619. The number of carbonyl (C=O) groups excluding carboxylic acids is 2. The Morgan fingerprint density at radius 1 is 1.40 bits per heavy atom.